The molecule has 16 heavy (non-hydrogen) atoms. The third kappa shape index (κ3) is 9.42. The van der Waals surface area contributed by atoms with Crippen LogP contribution in [0.1, 0.15) is 12.8 Å². The minimum atomic E-state index is -0.0778. The summed E-state index contributed by atoms with van der Waals surface area (Å²) in [5, 5.41) is 8.22. The molecule has 6 nitrogen and oxygen atoms in total. The Labute approximate surface area is 96.1 Å². The van der Waals surface area contributed by atoms with Crippen molar-refractivity contribution in [2.75, 3.05) is 40.4 Å². The van der Waals surface area contributed by atoms with E-state index in [4.69, 9.17) is 4.74 Å². The van der Waals surface area contributed by atoms with Crippen molar-refractivity contribution in [1.82, 2.24) is 16.0 Å². The van der Waals surface area contributed by atoms with Gasteiger partial charge in [-0.3, -0.25) is 9.59 Å². The van der Waals surface area contributed by atoms with Crippen LogP contribution in [0.25, 0.3) is 0 Å². The number of methoxy groups -OCH3 is 1. The SMILES string of the molecule is CNCCC(=O)NCCC(=O)NCCOC. The minimum Gasteiger partial charge on any atom is -0.383 e. The van der Waals surface area contributed by atoms with Crippen molar-refractivity contribution in [2.45, 2.75) is 12.8 Å². The molecule has 0 radical (unpaired) electrons. The first kappa shape index (κ1) is 14.9. The van der Waals surface area contributed by atoms with Crippen LogP contribution in [0.5, 0.6) is 0 Å². The van der Waals surface area contributed by atoms with Gasteiger partial charge in [-0.1, -0.05) is 0 Å². The molecule has 0 fully saturated rings. The lowest BCUT2D eigenvalue weighted by atomic mass is 10.3. The zero-order valence-corrected chi connectivity index (χ0v) is 9.97. The highest BCUT2D eigenvalue weighted by molar-refractivity contribution is 5.78. The number of carbonyl (C=O) groups is 2. The molecule has 0 aliphatic carbocycles. The molecular weight excluding hydrogens is 210 g/mol. The molecule has 94 valence electrons. The van der Waals surface area contributed by atoms with Gasteiger partial charge in [0.15, 0.2) is 0 Å². The van der Waals surface area contributed by atoms with Crippen LogP contribution in [0.3, 0.4) is 0 Å². The molecule has 0 aliphatic heterocycles. The number of ether oxygens (including phenoxy) is 1. The second-order valence-corrected chi connectivity index (χ2v) is 3.30. The topological polar surface area (TPSA) is 79.5 Å². The first-order valence-corrected chi connectivity index (χ1v) is 5.37. The molecule has 0 atom stereocenters. The van der Waals surface area contributed by atoms with E-state index >= 15 is 0 Å². The van der Waals surface area contributed by atoms with Crippen LogP contribution in [-0.2, 0) is 14.3 Å². The van der Waals surface area contributed by atoms with Crippen molar-refractivity contribution >= 4 is 11.8 Å². The Morgan fingerprint density at radius 2 is 1.56 bits per heavy atom. The van der Waals surface area contributed by atoms with Crippen LogP contribution in [0.4, 0.5) is 0 Å². The summed E-state index contributed by atoms with van der Waals surface area (Å²) >= 11 is 0. The number of amides is 2. The molecule has 0 saturated carbocycles. The summed E-state index contributed by atoms with van der Waals surface area (Å²) < 4.78 is 4.79. The van der Waals surface area contributed by atoms with Gasteiger partial charge in [-0.15, -0.1) is 0 Å². The Bertz CT molecular complexity index is 209. The highest BCUT2D eigenvalue weighted by atomic mass is 16.5. The molecular formula is C10H21N3O3. The maximum atomic E-state index is 11.2. The van der Waals surface area contributed by atoms with E-state index in [0.717, 1.165) is 0 Å². The van der Waals surface area contributed by atoms with E-state index in [9.17, 15) is 9.59 Å². The van der Waals surface area contributed by atoms with Gasteiger partial charge in [-0.25, -0.2) is 0 Å². The first-order chi connectivity index (χ1) is 7.70. The molecule has 0 aromatic heterocycles. The molecule has 0 saturated heterocycles. The monoisotopic (exact) mass is 231 g/mol. The lowest BCUT2D eigenvalue weighted by Crippen LogP contribution is -2.33. The van der Waals surface area contributed by atoms with Crippen LogP contribution in [0.2, 0.25) is 0 Å². The Morgan fingerprint density at radius 1 is 1.00 bits per heavy atom. The van der Waals surface area contributed by atoms with Gasteiger partial charge in [-0.2, -0.15) is 0 Å². The predicted molar refractivity (Wildman–Crippen MR) is 61.1 cm³/mol. The number of hydrogen-bond acceptors (Lipinski definition) is 4. The molecule has 0 aliphatic rings. The van der Waals surface area contributed by atoms with Crippen molar-refractivity contribution in [3.8, 4) is 0 Å². The molecule has 0 heterocycles. The number of hydrogen-bond donors (Lipinski definition) is 3. The number of carbonyl (C=O) groups excluding carboxylic acids is 2. The fraction of sp³-hybridized carbons (Fsp3) is 0.800. The molecule has 0 unspecified atom stereocenters. The summed E-state index contributed by atoms with van der Waals surface area (Å²) in [6, 6.07) is 0. The summed E-state index contributed by atoms with van der Waals surface area (Å²) in [6.07, 6.45) is 0.733. The number of nitrogens with one attached hydrogen (secondary N) is 3. The summed E-state index contributed by atoms with van der Waals surface area (Å²) in [6.45, 7) is 2.02. The van der Waals surface area contributed by atoms with E-state index in [1.165, 1.54) is 0 Å². The van der Waals surface area contributed by atoms with E-state index in [1.54, 1.807) is 14.2 Å². The van der Waals surface area contributed by atoms with E-state index < -0.39 is 0 Å². The van der Waals surface area contributed by atoms with Gasteiger partial charge < -0.3 is 20.7 Å². The average Bonchev–Trinajstić information content (AvgIpc) is 2.26. The quantitative estimate of drug-likeness (QED) is 0.438. The molecule has 6 heteroatoms. The van der Waals surface area contributed by atoms with Crippen LogP contribution in [-0.4, -0.2) is 52.2 Å². The summed E-state index contributed by atoms with van der Waals surface area (Å²) in [5.74, 6) is -0.120. The van der Waals surface area contributed by atoms with Crippen molar-refractivity contribution in [3.05, 3.63) is 0 Å². The Morgan fingerprint density at radius 3 is 2.12 bits per heavy atom. The Balaban J connectivity index is 3.36. The fourth-order valence-electron chi connectivity index (χ4n) is 1.02. The highest BCUT2D eigenvalue weighted by Gasteiger charge is 2.02. The van der Waals surface area contributed by atoms with Crippen molar-refractivity contribution in [2.24, 2.45) is 0 Å². The number of rotatable bonds is 9. The first-order valence-electron chi connectivity index (χ1n) is 5.37. The second-order valence-electron chi connectivity index (χ2n) is 3.30. The second kappa shape index (κ2) is 10.4. The summed E-state index contributed by atoms with van der Waals surface area (Å²) in [5.41, 5.74) is 0. The zero-order chi connectivity index (χ0) is 12.2. The lowest BCUT2D eigenvalue weighted by molar-refractivity contribution is -0.122. The van der Waals surface area contributed by atoms with Gasteiger partial charge in [0.05, 0.1) is 6.61 Å². The summed E-state index contributed by atoms with van der Waals surface area (Å²) in [7, 11) is 3.37. The van der Waals surface area contributed by atoms with Gasteiger partial charge >= 0.3 is 0 Å². The van der Waals surface area contributed by atoms with E-state index in [-0.39, 0.29) is 11.8 Å². The highest BCUT2D eigenvalue weighted by Crippen LogP contribution is 1.80. The maximum absolute atomic E-state index is 11.2. The summed E-state index contributed by atoms with van der Waals surface area (Å²) in [4.78, 5) is 22.3. The standard InChI is InChI=1S/C10H21N3O3/c1-11-5-3-9(14)12-6-4-10(15)13-7-8-16-2/h11H,3-8H2,1-2H3,(H,12,14)(H,13,15). The minimum absolute atomic E-state index is 0.0426. The van der Waals surface area contributed by atoms with Gasteiger partial charge in [0.2, 0.25) is 11.8 Å². The molecule has 2 amide bonds. The molecule has 0 bridgehead atoms. The smallest absolute Gasteiger partial charge is 0.221 e. The molecule has 3 N–H and O–H groups in total. The van der Waals surface area contributed by atoms with Crippen LogP contribution in [0, 0.1) is 0 Å². The van der Waals surface area contributed by atoms with E-state index in [0.29, 0.717) is 39.1 Å². The molecule has 0 spiro atoms. The van der Waals surface area contributed by atoms with Crippen molar-refractivity contribution in [3.63, 3.8) is 0 Å². The lowest BCUT2D eigenvalue weighted by Gasteiger charge is -2.06. The Kier molecular flexibility index (Phi) is 9.64. The fourth-order valence-corrected chi connectivity index (χ4v) is 1.02. The van der Waals surface area contributed by atoms with Gasteiger partial charge in [0.25, 0.3) is 0 Å². The van der Waals surface area contributed by atoms with Crippen LogP contribution >= 0.6 is 0 Å². The maximum Gasteiger partial charge on any atom is 0.221 e. The zero-order valence-electron chi connectivity index (χ0n) is 9.97. The van der Waals surface area contributed by atoms with E-state index in [1.807, 2.05) is 0 Å². The molecule has 0 rings (SSSR count). The van der Waals surface area contributed by atoms with Gasteiger partial charge in [-0.05, 0) is 7.05 Å². The third-order valence-corrected chi connectivity index (χ3v) is 1.90. The van der Waals surface area contributed by atoms with Crippen LogP contribution in [0.15, 0.2) is 0 Å². The van der Waals surface area contributed by atoms with E-state index in [2.05, 4.69) is 16.0 Å². The third-order valence-electron chi connectivity index (χ3n) is 1.90. The van der Waals surface area contributed by atoms with Crippen molar-refractivity contribution in [1.29, 1.82) is 0 Å². The largest absolute Gasteiger partial charge is 0.383 e. The van der Waals surface area contributed by atoms with Gasteiger partial charge in [0, 0.05) is 39.6 Å². The molecule has 0 aromatic carbocycles. The van der Waals surface area contributed by atoms with Crippen LogP contribution < -0.4 is 16.0 Å². The predicted octanol–water partition coefficient (Wildman–Crippen LogP) is -1.14. The average molecular weight is 231 g/mol. The Hall–Kier alpha value is -1.14. The van der Waals surface area contributed by atoms with Gasteiger partial charge in [0.1, 0.15) is 0 Å². The molecule has 0 aromatic rings. The van der Waals surface area contributed by atoms with Crippen molar-refractivity contribution < 1.29 is 14.3 Å². The normalized spacial score (nSPS) is 9.88.